The molecule has 0 fully saturated rings. The Bertz CT molecular complexity index is 633. The van der Waals surface area contributed by atoms with Crippen LogP contribution in [0.1, 0.15) is 258 Å². The summed E-state index contributed by atoms with van der Waals surface area (Å²) in [5.74, 6) is -0.685. The van der Waals surface area contributed by atoms with Crippen molar-refractivity contribution in [2.45, 2.75) is 264 Å². The summed E-state index contributed by atoms with van der Waals surface area (Å²) in [4.78, 5) is 23.4. The van der Waals surface area contributed by atoms with Crippen LogP contribution in [0.4, 0.5) is 0 Å². The summed E-state index contributed by atoms with van der Waals surface area (Å²) in [6.07, 6.45) is 47.0. The predicted octanol–water partition coefficient (Wildman–Crippen LogP) is 14.8. The van der Waals surface area contributed by atoms with E-state index < -0.39 is 5.97 Å². The van der Waals surface area contributed by atoms with Crippen LogP contribution in [-0.4, -0.2) is 23.1 Å². The van der Waals surface area contributed by atoms with E-state index in [0.29, 0.717) is 6.42 Å². The average Bonchev–Trinajstić information content (AvgIpc) is 3.05. The fourth-order valence-corrected chi connectivity index (χ4v) is 6.89. The molecule has 0 heterocycles. The SMILES string of the molecule is CCCCCCCCCCCCCCCCCCCC(=O)OC(CCCCCCCCCCCCCC)CCCCCCCC(=O)O. The normalized spacial score (nSPS) is 12.0. The van der Waals surface area contributed by atoms with Gasteiger partial charge in [0.15, 0.2) is 0 Å². The Labute approximate surface area is 294 Å². The number of aliphatic carboxylic acids is 1. The number of carboxylic acid groups (broad SMARTS) is 1. The smallest absolute Gasteiger partial charge is 0.306 e. The van der Waals surface area contributed by atoms with E-state index in [1.165, 1.54) is 167 Å². The minimum atomic E-state index is -0.695. The molecule has 0 saturated heterocycles. The molecule has 0 aromatic rings. The molecule has 0 saturated carbocycles. The molecule has 1 atom stereocenters. The van der Waals surface area contributed by atoms with Crippen molar-refractivity contribution >= 4 is 11.9 Å². The summed E-state index contributed by atoms with van der Waals surface area (Å²) in [5.41, 5.74) is 0. The van der Waals surface area contributed by atoms with Crippen LogP contribution < -0.4 is 0 Å². The van der Waals surface area contributed by atoms with Crippen molar-refractivity contribution in [1.29, 1.82) is 0 Å². The zero-order valence-electron chi connectivity index (χ0n) is 32.1. The van der Waals surface area contributed by atoms with Gasteiger partial charge in [-0.2, -0.15) is 0 Å². The highest BCUT2D eigenvalue weighted by Crippen LogP contribution is 2.19. The topological polar surface area (TPSA) is 63.6 Å². The first-order valence-electron chi connectivity index (χ1n) is 21.5. The predicted molar refractivity (Wildman–Crippen MR) is 204 cm³/mol. The number of carbonyl (C=O) groups is 2. The van der Waals surface area contributed by atoms with Crippen molar-refractivity contribution in [2.75, 3.05) is 0 Å². The van der Waals surface area contributed by atoms with E-state index in [4.69, 9.17) is 9.84 Å². The Balaban J connectivity index is 3.93. The number of rotatable bonds is 40. The van der Waals surface area contributed by atoms with Gasteiger partial charge in [0.05, 0.1) is 0 Å². The van der Waals surface area contributed by atoms with Gasteiger partial charge in [0.2, 0.25) is 0 Å². The third kappa shape index (κ3) is 39.3. The van der Waals surface area contributed by atoms with Crippen molar-refractivity contribution in [3.63, 3.8) is 0 Å². The van der Waals surface area contributed by atoms with Gasteiger partial charge in [-0.25, -0.2) is 0 Å². The maximum atomic E-state index is 12.7. The summed E-state index contributed by atoms with van der Waals surface area (Å²) in [6.45, 7) is 4.57. The molecular weight excluding hydrogens is 580 g/mol. The standard InChI is InChI=1S/C43H84O4/c1-3-5-7-9-11-13-15-17-18-19-20-21-23-25-27-32-36-40-43(46)47-41(38-34-30-28-31-35-39-42(44)45)37-33-29-26-24-22-16-14-12-10-8-6-4-2/h41H,3-40H2,1-2H3,(H,44,45). The Kier molecular flexibility index (Phi) is 38.5. The molecule has 280 valence electrons. The Morgan fingerprint density at radius 2 is 0.638 bits per heavy atom. The third-order valence-corrected chi connectivity index (χ3v) is 10.1. The average molecular weight is 665 g/mol. The maximum Gasteiger partial charge on any atom is 0.306 e. The molecule has 0 amide bonds. The van der Waals surface area contributed by atoms with Crippen LogP contribution >= 0.6 is 0 Å². The van der Waals surface area contributed by atoms with Crippen molar-refractivity contribution in [2.24, 2.45) is 0 Å². The molecule has 4 nitrogen and oxygen atoms in total. The van der Waals surface area contributed by atoms with Crippen molar-refractivity contribution in [3.8, 4) is 0 Å². The van der Waals surface area contributed by atoms with Crippen LogP contribution in [0.5, 0.6) is 0 Å². The number of carbonyl (C=O) groups excluding carboxylic acids is 1. The second kappa shape index (κ2) is 39.4. The highest BCUT2D eigenvalue weighted by atomic mass is 16.5. The van der Waals surface area contributed by atoms with Gasteiger partial charge in [0.1, 0.15) is 6.10 Å². The minimum Gasteiger partial charge on any atom is -0.481 e. The van der Waals surface area contributed by atoms with E-state index in [9.17, 15) is 9.59 Å². The third-order valence-electron chi connectivity index (χ3n) is 10.1. The maximum absolute atomic E-state index is 12.7. The number of esters is 1. The molecule has 1 N–H and O–H groups in total. The number of hydrogen-bond donors (Lipinski definition) is 1. The monoisotopic (exact) mass is 665 g/mol. The first kappa shape index (κ1) is 45.9. The molecule has 0 aromatic heterocycles. The Morgan fingerprint density at radius 3 is 0.936 bits per heavy atom. The van der Waals surface area contributed by atoms with Gasteiger partial charge in [-0.1, -0.05) is 206 Å². The number of carboxylic acids is 1. The zero-order chi connectivity index (χ0) is 34.3. The lowest BCUT2D eigenvalue weighted by Crippen LogP contribution is -2.18. The summed E-state index contributed by atoms with van der Waals surface area (Å²) in [7, 11) is 0. The van der Waals surface area contributed by atoms with Gasteiger partial charge in [0.25, 0.3) is 0 Å². The molecule has 47 heavy (non-hydrogen) atoms. The molecule has 0 aliphatic heterocycles. The largest absolute Gasteiger partial charge is 0.481 e. The van der Waals surface area contributed by atoms with E-state index in [0.717, 1.165) is 64.2 Å². The molecule has 0 rings (SSSR count). The first-order valence-corrected chi connectivity index (χ1v) is 21.5. The number of hydrogen-bond acceptors (Lipinski definition) is 3. The van der Waals surface area contributed by atoms with E-state index in [1.807, 2.05) is 0 Å². The first-order chi connectivity index (χ1) is 23.1. The fourth-order valence-electron chi connectivity index (χ4n) is 6.89. The van der Waals surface area contributed by atoms with Crippen LogP contribution in [0.3, 0.4) is 0 Å². The van der Waals surface area contributed by atoms with Gasteiger partial charge in [-0.15, -0.1) is 0 Å². The highest BCUT2D eigenvalue weighted by Gasteiger charge is 2.14. The van der Waals surface area contributed by atoms with Crippen LogP contribution in [0, 0.1) is 0 Å². The summed E-state index contributed by atoms with van der Waals surface area (Å²) < 4.78 is 6.02. The molecule has 0 radical (unpaired) electrons. The lowest BCUT2D eigenvalue weighted by molar-refractivity contribution is -0.150. The lowest BCUT2D eigenvalue weighted by atomic mass is 10.0. The fraction of sp³-hybridized carbons (Fsp3) is 0.953. The van der Waals surface area contributed by atoms with Gasteiger partial charge in [-0.3, -0.25) is 9.59 Å². The second-order valence-corrected chi connectivity index (χ2v) is 14.9. The molecule has 0 aliphatic rings. The quantitative estimate of drug-likeness (QED) is 0.0523. The van der Waals surface area contributed by atoms with Crippen LogP contribution in [0.2, 0.25) is 0 Å². The summed E-state index contributed by atoms with van der Waals surface area (Å²) in [6, 6.07) is 0. The van der Waals surface area contributed by atoms with Gasteiger partial charge in [0, 0.05) is 12.8 Å². The van der Waals surface area contributed by atoms with Crippen LogP contribution in [0.15, 0.2) is 0 Å². The Hall–Kier alpha value is -1.06. The lowest BCUT2D eigenvalue weighted by Gasteiger charge is -2.18. The molecule has 0 aromatic carbocycles. The number of unbranched alkanes of at least 4 members (excludes halogenated alkanes) is 31. The van der Waals surface area contributed by atoms with E-state index >= 15 is 0 Å². The Morgan fingerprint density at radius 1 is 0.383 bits per heavy atom. The zero-order valence-corrected chi connectivity index (χ0v) is 32.1. The summed E-state index contributed by atoms with van der Waals surface area (Å²) >= 11 is 0. The molecule has 0 aliphatic carbocycles. The second-order valence-electron chi connectivity index (χ2n) is 14.9. The number of ether oxygens (including phenoxy) is 1. The van der Waals surface area contributed by atoms with E-state index in [2.05, 4.69) is 13.8 Å². The molecule has 0 spiro atoms. The van der Waals surface area contributed by atoms with Crippen molar-refractivity contribution in [3.05, 3.63) is 0 Å². The summed E-state index contributed by atoms with van der Waals surface area (Å²) in [5, 5.41) is 8.83. The minimum absolute atomic E-state index is 0.0105. The van der Waals surface area contributed by atoms with Crippen LogP contribution in [0.25, 0.3) is 0 Å². The van der Waals surface area contributed by atoms with Crippen LogP contribution in [-0.2, 0) is 14.3 Å². The van der Waals surface area contributed by atoms with Crippen molar-refractivity contribution in [1.82, 2.24) is 0 Å². The van der Waals surface area contributed by atoms with E-state index in [1.54, 1.807) is 0 Å². The van der Waals surface area contributed by atoms with Gasteiger partial charge < -0.3 is 9.84 Å². The highest BCUT2D eigenvalue weighted by molar-refractivity contribution is 5.69. The molecule has 0 bridgehead atoms. The van der Waals surface area contributed by atoms with Gasteiger partial charge >= 0.3 is 11.9 Å². The molecule has 1 unspecified atom stereocenters. The van der Waals surface area contributed by atoms with Gasteiger partial charge in [-0.05, 0) is 38.5 Å². The van der Waals surface area contributed by atoms with E-state index in [-0.39, 0.29) is 18.5 Å². The van der Waals surface area contributed by atoms with Crippen molar-refractivity contribution < 1.29 is 19.4 Å². The molecule has 4 heteroatoms. The molecular formula is C43H84O4.